The quantitative estimate of drug-likeness (QED) is 0.764. The lowest BCUT2D eigenvalue weighted by Crippen LogP contribution is -2.44. The van der Waals surface area contributed by atoms with Crippen LogP contribution in [0.5, 0.6) is 0 Å². The van der Waals surface area contributed by atoms with Crippen LogP contribution in [0.1, 0.15) is 31.2 Å². The highest BCUT2D eigenvalue weighted by atomic mass is 19.4. The third-order valence-corrected chi connectivity index (χ3v) is 5.08. The zero-order valence-electron chi connectivity index (χ0n) is 15.5. The average molecular weight is 398 g/mol. The van der Waals surface area contributed by atoms with Crippen molar-refractivity contribution in [1.29, 1.82) is 0 Å². The summed E-state index contributed by atoms with van der Waals surface area (Å²) >= 11 is 0. The molecule has 152 valence electrons. The van der Waals surface area contributed by atoms with Gasteiger partial charge in [-0.15, -0.1) is 0 Å². The number of amides is 4. The van der Waals surface area contributed by atoms with Crippen LogP contribution in [0.3, 0.4) is 0 Å². The Balaban J connectivity index is 1.78. The van der Waals surface area contributed by atoms with Crippen LogP contribution in [0, 0.1) is 0 Å². The summed E-state index contributed by atoms with van der Waals surface area (Å²) in [5, 5.41) is 5.05. The minimum atomic E-state index is -4.57. The van der Waals surface area contributed by atoms with Gasteiger partial charge in [-0.25, -0.2) is 4.79 Å². The lowest BCUT2D eigenvalue weighted by atomic mass is 9.98. The zero-order chi connectivity index (χ0) is 20.7. The number of alkyl halides is 3. The molecule has 0 unspecified atom stereocenters. The smallest absolute Gasteiger partial charge is 0.376 e. The van der Waals surface area contributed by atoms with E-state index in [0.29, 0.717) is 18.5 Å². The van der Waals surface area contributed by atoms with Gasteiger partial charge < -0.3 is 15.5 Å². The van der Waals surface area contributed by atoms with Crippen LogP contribution in [-0.4, -0.2) is 48.9 Å². The largest absolute Gasteiger partial charge is 0.416 e. The molecule has 0 bridgehead atoms. The number of hydrogen-bond acceptors (Lipinski definition) is 4. The molecule has 28 heavy (non-hydrogen) atoms. The van der Waals surface area contributed by atoms with Crippen molar-refractivity contribution in [2.45, 2.75) is 37.4 Å². The van der Waals surface area contributed by atoms with Gasteiger partial charge in [0.15, 0.2) is 0 Å². The second-order valence-corrected chi connectivity index (χ2v) is 7.28. The first-order valence-electron chi connectivity index (χ1n) is 8.86. The highest BCUT2D eigenvalue weighted by Gasteiger charge is 2.52. The Kier molecular flexibility index (Phi) is 4.99. The van der Waals surface area contributed by atoms with Crippen molar-refractivity contribution >= 4 is 29.2 Å². The standard InChI is InChI=1S/C18H21F3N4O3/c1-24(2)13-6-5-11(18(19,20)21)9-12(13)22-14(26)10-25-15(27)17(23-16(25)28)7-3-4-8-17/h5-6,9H,3-4,7-8,10H2,1-2H3,(H,22,26)(H,23,28). The molecule has 1 saturated heterocycles. The summed E-state index contributed by atoms with van der Waals surface area (Å²) in [6.07, 6.45) is -1.91. The van der Waals surface area contributed by atoms with E-state index in [4.69, 9.17) is 0 Å². The van der Waals surface area contributed by atoms with Crippen LogP contribution in [0.15, 0.2) is 18.2 Å². The first-order chi connectivity index (χ1) is 13.0. The minimum Gasteiger partial charge on any atom is -0.376 e. The topological polar surface area (TPSA) is 81.8 Å². The number of benzene rings is 1. The summed E-state index contributed by atoms with van der Waals surface area (Å²) in [5.74, 6) is -1.21. The Labute approximate surface area is 159 Å². The van der Waals surface area contributed by atoms with E-state index in [1.807, 2.05) is 0 Å². The van der Waals surface area contributed by atoms with Gasteiger partial charge in [0.2, 0.25) is 5.91 Å². The molecule has 0 radical (unpaired) electrons. The maximum absolute atomic E-state index is 13.0. The number of carbonyl (C=O) groups excluding carboxylic acids is 3. The Bertz CT molecular complexity index is 817. The van der Waals surface area contributed by atoms with Crippen molar-refractivity contribution in [1.82, 2.24) is 10.2 Å². The molecule has 10 heteroatoms. The molecular formula is C18H21F3N4O3. The predicted octanol–water partition coefficient (Wildman–Crippen LogP) is 2.57. The molecule has 7 nitrogen and oxygen atoms in total. The Morgan fingerprint density at radius 2 is 1.89 bits per heavy atom. The molecule has 2 N–H and O–H groups in total. The van der Waals surface area contributed by atoms with Crippen LogP contribution >= 0.6 is 0 Å². The van der Waals surface area contributed by atoms with Gasteiger partial charge in [0.05, 0.1) is 16.9 Å². The van der Waals surface area contributed by atoms with Crippen LogP contribution in [0.25, 0.3) is 0 Å². The Hall–Kier alpha value is -2.78. The van der Waals surface area contributed by atoms with Crippen molar-refractivity contribution in [2.24, 2.45) is 0 Å². The van der Waals surface area contributed by atoms with Crippen molar-refractivity contribution in [3.8, 4) is 0 Å². The fraction of sp³-hybridized carbons (Fsp3) is 0.500. The highest BCUT2D eigenvalue weighted by molar-refractivity contribution is 6.10. The van der Waals surface area contributed by atoms with Gasteiger partial charge in [-0.1, -0.05) is 12.8 Å². The molecule has 1 aliphatic carbocycles. The van der Waals surface area contributed by atoms with Gasteiger partial charge in [-0.05, 0) is 31.0 Å². The highest BCUT2D eigenvalue weighted by Crippen LogP contribution is 2.36. The fourth-order valence-electron chi connectivity index (χ4n) is 3.67. The van der Waals surface area contributed by atoms with Gasteiger partial charge in [-0.2, -0.15) is 13.2 Å². The molecule has 1 aliphatic heterocycles. The van der Waals surface area contributed by atoms with Gasteiger partial charge in [0.1, 0.15) is 12.1 Å². The predicted molar refractivity (Wildman–Crippen MR) is 95.8 cm³/mol. The number of hydrogen-bond donors (Lipinski definition) is 2. The molecule has 2 aliphatic rings. The molecule has 1 saturated carbocycles. The summed E-state index contributed by atoms with van der Waals surface area (Å²) in [6.45, 7) is -0.560. The molecule has 1 spiro atoms. The number of rotatable bonds is 4. The van der Waals surface area contributed by atoms with E-state index in [-0.39, 0.29) is 5.69 Å². The first kappa shape index (κ1) is 20.0. The van der Waals surface area contributed by atoms with Crippen molar-refractivity contribution in [3.05, 3.63) is 23.8 Å². The van der Waals surface area contributed by atoms with E-state index in [9.17, 15) is 27.6 Å². The SMILES string of the molecule is CN(C)c1ccc(C(F)(F)F)cc1NC(=O)CN1C(=O)NC2(CCCC2)C1=O. The fourth-order valence-corrected chi connectivity index (χ4v) is 3.67. The molecule has 3 rings (SSSR count). The molecule has 0 atom stereocenters. The number of nitrogens with one attached hydrogen (secondary N) is 2. The summed E-state index contributed by atoms with van der Waals surface area (Å²) in [7, 11) is 3.25. The maximum atomic E-state index is 13.0. The van der Waals surface area contributed by atoms with Crippen molar-refractivity contribution < 1.29 is 27.6 Å². The molecule has 1 aromatic rings. The van der Waals surface area contributed by atoms with Crippen LogP contribution in [0.2, 0.25) is 0 Å². The minimum absolute atomic E-state index is 0.0486. The van der Waals surface area contributed by atoms with E-state index in [0.717, 1.165) is 29.9 Å². The molecular weight excluding hydrogens is 377 g/mol. The maximum Gasteiger partial charge on any atom is 0.416 e. The molecule has 2 fully saturated rings. The zero-order valence-corrected chi connectivity index (χ0v) is 15.5. The summed E-state index contributed by atoms with van der Waals surface area (Å²) in [6, 6.07) is 2.35. The lowest BCUT2D eigenvalue weighted by Gasteiger charge is -2.21. The lowest BCUT2D eigenvalue weighted by molar-refractivity contribution is -0.137. The Morgan fingerprint density at radius 3 is 2.46 bits per heavy atom. The molecule has 4 amide bonds. The molecule has 1 aromatic carbocycles. The number of urea groups is 1. The second kappa shape index (κ2) is 6.99. The van der Waals surface area contributed by atoms with Gasteiger partial charge in [0, 0.05) is 14.1 Å². The second-order valence-electron chi connectivity index (χ2n) is 7.28. The van der Waals surface area contributed by atoms with Gasteiger partial charge in [-0.3, -0.25) is 14.5 Å². The van der Waals surface area contributed by atoms with Gasteiger partial charge in [0.25, 0.3) is 5.91 Å². The van der Waals surface area contributed by atoms with Crippen LogP contribution in [-0.2, 0) is 15.8 Å². The van der Waals surface area contributed by atoms with E-state index in [1.165, 1.54) is 6.07 Å². The van der Waals surface area contributed by atoms with E-state index < -0.39 is 41.7 Å². The number of halogens is 3. The third-order valence-electron chi connectivity index (χ3n) is 5.08. The average Bonchev–Trinajstić information content (AvgIpc) is 3.15. The number of carbonyl (C=O) groups is 3. The monoisotopic (exact) mass is 398 g/mol. The third kappa shape index (κ3) is 3.63. The normalized spacial score (nSPS) is 18.5. The Morgan fingerprint density at radius 1 is 1.25 bits per heavy atom. The van der Waals surface area contributed by atoms with Gasteiger partial charge >= 0.3 is 12.2 Å². The number of anilines is 2. The summed E-state index contributed by atoms with van der Waals surface area (Å²) in [5.41, 5.74) is -1.53. The number of nitrogens with zero attached hydrogens (tertiary/aromatic N) is 2. The van der Waals surface area contributed by atoms with Crippen molar-refractivity contribution in [3.63, 3.8) is 0 Å². The van der Waals surface area contributed by atoms with E-state index in [1.54, 1.807) is 19.0 Å². The summed E-state index contributed by atoms with van der Waals surface area (Å²) in [4.78, 5) is 39.5. The van der Waals surface area contributed by atoms with Crippen LogP contribution in [0.4, 0.5) is 29.3 Å². The number of imide groups is 1. The first-order valence-corrected chi connectivity index (χ1v) is 8.86. The van der Waals surface area contributed by atoms with Crippen molar-refractivity contribution in [2.75, 3.05) is 30.9 Å². The van der Waals surface area contributed by atoms with E-state index >= 15 is 0 Å². The summed E-state index contributed by atoms with van der Waals surface area (Å²) < 4.78 is 39.0. The molecule has 1 heterocycles. The van der Waals surface area contributed by atoms with Crippen LogP contribution < -0.4 is 15.5 Å². The van der Waals surface area contributed by atoms with E-state index in [2.05, 4.69) is 10.6 Å². The molecule has 0 aromatic heterocycles.